The summed E-state index contributed by atoms with van der Waals surface area (Å²) in [5, 5.41) is 1.76. The van der Waals surface area contributed by atoms with Crippen LogP contribution in [-0.2, 0) is 20.5 Å². The Morgan fingerprint density at radius 2 is 1.69 bits per heavy atom. The van der Waals surface area contributed by atoms with Crippen molar-refractivity contribution in [1.82, 2.24) is 5.06 Å². The lowest BCUT2D eigenvalue weighted by Crippen LogP contribution is -2.62. The van der Waals surface area contributed by atoms with E-state index in [9.17, 15) is 0 Å². The Hall–Kier alpha value is -0.793. The molecule has 1 aliphatic heterocycles. The zero-order chi connectivity index (χ0) is 22.1. The average molecular weight is 426 g/mol. The van der Waals surface area contributed by atoms with Gasteiger partial charge in [0.1, 0.15) is 0 Å². The van der Waals surface area contributed by atoms with Crippen LogP contribution in [0.2, 0.25) is 18.1 Å². The van der Waals surface area contributed by atoms with Crippen LogP contribution in [0.1, 0.15) is 60.5 Å². The number of hydrogen-bond donors (Lipinski definition) is 0. The topological polar surface area (TPSA) is 30.9 Å². The smallest absolute Gasteiger partial charge is 0.192 e. The summed E-state index contributed by atoms with van der Waals surface area (Å²) in [5.74, 6) is 0. The van der Waals surface area contributed by atoms with Gasteiger partial charge in [-0.05, 0) is 51.4 Å². The number of alkyl halides is 1. The van der Waals surface area contributed by atoms with E-state index < -0.39 is 31.9 Å². The van der Waals surface area contributed by atoms with Crippen LogP contribution in [0.3, 0.4) is 0 Å². The minimum absolute atomic E-state index is 0.00408. The van der Waals surface area contributed by atoms with Gasteiger partial charge in [0.2, 0.25) is 0 Å². The van der Waals surface area contributed by atoms with Crippen molar-refractivity contribution in [1.29, 1.82) is 0 Å². The lowest BCUT2D eigenvalue weighted by atomic mass is 9.81. The molecule has 2 rings (SSSR count). The second-order valence-electron chi connectivity index (χ2n) is 10.3. The van der Waals surface area contributed by atoms with Crippen molar-refractivity contribution in [2.24, 2.45) is 0 Å². The SMILES string of the molecule is CCOC1C[C@@H]([C@@](C)(F)C(C)(C)O[Si](C)(C)C(C)(C)C)N(Cc2ccccc2)O1. The molecule has 0 bridgehead atoms. The van der Waals surface area contributed by atoms with E-state index >= 15 is 4.39 Å². The van der Waals surface area contributed by atoms with Crippen molar-refractivity contribution in [3.8, 4) is 0 Å². The van der Waals surface area contributed by atoms with Crippen molar-refractivity contribution < 1.29 is 18.4 Å². The van der Waals surface area contributed by atoms with Gasteiger partial charge >= 0.3 is 0 Å². The van der Waals surface area contributed by atoms with Gasteiger partial charge < -0.3 is 9.16 Å². The summed E-state index contributed by atoms with van der Waals surface area (Å²) in [6.45, 7) is 19.2. The molecule has 1 aliphatic rings. The van der Waals surface area contributed by atoms with Gasteiger partial charge in [-0.3, -0.25) is 4.84 Å². The fraction of sp³-hybridized carbons (Fsp3) is 0.739. The molecular weight excluding hydrogens is 385 g/mol. The first kappa shape index (κ1) is 24.5. The molecule has 29 heavy (non-hydrogen) atoms. The first-order valence-corrected chi connectivity index (χ1v) is 13.6. The molecule has 0 spiro atoms. The molecule has 0 aromatic heterocycles. The maximum Gasteiger partial charge on any atom is 0.192 e. The molecule has 1 unspecified atom stereocenters. The van der Waals surface area contributed by atoms with E-state index in [1.807, 2.05) is 51.1 Å². The number of halogens is 1. The summed E-state index contributed by atoms with van der Waals surface area (Å²) in [5.41, 5.74) is -1.53. The van der Waals surface area contributed by atoms with Gasteiger partial charge in [0.15, 0.2) is 20.3 Å². The molecule has 0 N–H and O–H groups in total. The van der Waals surface area contributed by atoms with Gasteiger partial charge in [-0.2, -0.15) is 5.06 Å². The number of benzene rings is 1. The van der Waals surface area contributed by atoms with Crippen LogP contribution in [0.25, 0.3) is 0 Å². The van der Waals surface area contributed by atoms with Crippen LogP contribution in [0.5, 0.6) is 0 Å². The highest BCUT2D eigenvalue weighted by atomic mass is 28.4. The normalized spacial score (nSPS) is 23.9. The third-order valence-corrected chi connectivity index (χ3v) is 11.3. The molecule has 4 nitrogen and oxygen atoms in total. The van der Waals surface area contributed by atoms with Crippen LogP contribution in [-0.4, -0.2) is 43.6 Å². The van der Waals surface area contributed by atoms with E-state index in [1.165, 1.54) is 0 Å². The largest absolute Gasteiger partial charge is 0.409 e. The number of ether oxygens (including phenoxy) is 1. The monoisotopic (exact) mass is 425 g/mol. The standard InChI is InChI=1S/C23H40FNO3Si/c1-10-26-20-16-19(25(27-20)17-18-14-12-11-13-15-18)23(7,24)22(5,6)28-29(8,9)21(2,3)4/h11-15,19-20H,10,16-17H2,1-9H3/t19-,20?,23+/m0/s1. The highest BCUT2D eigenvalue weighted by Gasteiger charge is 2.57. The van der Waals surface area contributed by atoms with Crippen LogP contribution in [0, 0.1) is 0 Å². The number of hydrogen-bond acceptors (Lipinski definition) is 4. The highest BCUT2D eigenvalue weighted by molar-refractivity contribution is 6.74. The summed E-state index contributed by atoms with van der Waals surface area (Å²) in [4.78, 5) is 6.02. The zero-order valence-corrected chi connectivity index (χ0v) is 20.7. The Bertz CT molecular complexity index is 658. The second-order valence-corrected chi connectivity index (χ2v) is 15.0. The first-order valence-electron chi connectivity index (χ1n) is 10.7. The maximum absolute atomic E-state index is 16.6. The number of rotatable bonds is 8. The predicted molar refractivity (Wildman–Crippen MR) is 119 cm³/mol. The van der Waals surface area contributed by atoms with Gasteiger partial charge in [-0.1, -0.05) is 51.1 Å². The van der Waals surface area contributed by atoms with Crippen molar-refractivity contribution in [2.75, 3.05) is 6.61 Å². The zero-order valence-electron chi connectivity index (χ0n) is 19.7. The van der Waals surface area contributed by atoms with Crippen molar-refractivity contribution >= 4 is 8.32 Å². The summed E-state index contributed by atoms with van der Waals surface area (Å²) in [7, 11) is -2.16. The van der Waals surface area contributed by atoms with Gasteiger partial charge in [0, 0.05) is 19.6 Å². The molecule has 1 saturated heterocycles. The fourth-order valence-electron chi connectivity index (χ4n) is 3.55. The van der Waals surface area contributed by atoms with Crippen molar-refractivity contribution in [2.45, 2.75) is 103 Å². The molecule has 1 fully saturated rings. The molecule has 1 aromatic rings. The molecule has 3 atom stereocenters. The predicted octanol–water partition coefficient (Wildman–Crippen LogP) is 6.08. The highest BCUT2D eigenvalue weighted by Crippen LogP contribution is 2.46. The summed E-state index contributed by atoms with van der Waals surface area (Å²) in [6.07, 6.45) is 0.0327. The summed E-state index contributed by atoms with van der Waals surface area (Å²) >= 11 is 0. The Morgan fingerprint density at radius 3 is 2.21 bits per heavy atom. The van der Waals surface area contributed by atoms with Crippen molar-refractivity contribution in [3.63, 3.8) is 0 Å². The number of hydroxylamine groups is 2. The van der Waals surface area contributed by atoms with Crippen LogP contribution < -0.4 is 0 Å². The molecule has 0 radical (unpaired) electrons. The fourth-order valence-corrected chi connectivity index (χ4v) is 5.33. The second kappa shape index (κ2) is 8.75. The molecule has 0 saturated carbocycles. The molecule has 6 heteroatoms. The Labute approximate surface area is 177 Å². The molecule has 0 aliphatic carbocycles. The van der Waals surface area contributed by atoms with Gasteiger partial charge in [0.05, 0.1) is 11.6 Å². The lowest BCUT2D eigenvalue weighted by Gasteiger charge is -2.49. The van der Waals surface area contributed by atoms with Gasteiger partial charge in [-0.15, -0.1) is 0 Å². The molecular formula is C23H40FNO3Si. The Kier molecular flexibility index (Phi) is 7.39. The summed E-state index contributed by atoms with van der Waals surface area (Å²) in [6, 6.07) is 9.53. The minimum Gasteiger partial charge on any atom is -0.409 e. The third kappa shape index (κ3) is 5.47. The molecule has 1 heterocycles. The van der Waals surface area contributed by atoms with Crippen LogP contribution in [0.4, 0.5) is 4.39 Å². The average Bonchev–Trinajstić information content (AvgIpc) is 2.97. The van der Waals surface area contributed by atoms with E-state index in [2.05, 4.69) is 33.9 Å². The Morgan fingerprint density at radius 1 is 1.10 bits per heavy atom. The molecule has 1 aromatic carbocycles. The van der Waals surface area contributed by atoms with Gasteiger partial charge in [-0.25, -0.2) is 4.39 Å². The van der Waals surface area contributed by atoms with E-state index in [4.69, 9.17) is 14.0 Å². The number of nitrogens with zero attached hydrogens (tertiary/aromatic N) is 1. The van der Waals surface area contributed by atoms with E-state index in [1.54, 1.807) is 12.0 Å². The maximum atomic E-state index is 16.6. The third-order valence-electron chi connectivity index (χ3n) is 6.67. The van der Waals surface area contributed by atoms with E-state index in [0.717, 1.165) is 5.56 Å². The van der Waals surface area contributed by atoms with Crippen LogP contribution >= 0.6 is 0 Å². The van der Waals surface area contributed by atoms with Crippen molar-refractivity contribution in [3.05, 3.63) is 35.9 Å². The summed E-state index contributed by atoms with van der Waals surface area (Å²) < 4.78 is 28.9. The van der Waals surface area contributed by atoms with E-state index in [0.29, 0.717) is 19.6 Å². The van der Waals surface area contributed by atoms with Gasteiger partial charge in [0.25, 0.3) is 0 Å². The van der Waals surface area contributed by atoms with E-state index in [-0.39, 0.29) is 5.04 Å². The van der Waals surface area contributed by atoms with Crippen LogP contribution in [0.15, 0.2) is 30.3 Å². The molecule has 0 amide bonds. The Balaban J connectivity index is 2.29. The first-order chi connectivity index (χ1) is 13.2. The molecule has 166 valence electrons. The minimum atomic E-state index is -2.16. The quantitative estimate of drug-likeness (QED) is 0.472. The lowest BCUT2D eigenvalue weighted by molar-refractivity contribution is -0.256.